The Bertz CT molecular complexity index is 1180. The van der Waals surface area contributed by atoms with E-state index in [9.17, 15) is 9.59 Å². The highest BCUT2D eigenvalue weighted by molar-refractivity contribution is 7.99. The molecule has 34 heavy (non-hydrogen) atoms. The molecule has 3 rings (SSSR count). The van der Waals surface area contributed by atoms with Crippen molar-refractivity contribution in [3.63, 3.8) is 0 Å². The van der Waals surface area contributed by atoms with Gasteiger partial charge in [0.25, 0.3) is 0 Å². The van der Waals surface area contributed by atoms with Gasteiger partial charge in [0.15, 0.2) is 17.1 Å². The van der Waals surface area contributed by atoms with Gasteiger partial charge in [-0.3, -0.25) is 4.79 Å². The van der Waals surface area contributed by atoms with Crippen molar-refractivity contribution in [2.24, 2.45) is 0 Å². The van der Waals surface area contributed by atoms with Crippen LogP contribution < -0.4 is 10.1 Å². The zero-order valence-corrected chi connectivity index (χ0v) is 22.2. The fourth-order valence-electron chi connectivity index (χ4n) is 3.08. The fraction of sp³-hybridized carbons (Fsp3) is 0.364. The molecule has 1 unspecified atom stereocenters. The van der Waals surface area contributed by atoms with Crippen molar-refractivity contribution in [3.8, 4) is 5.75 Å². The van der Waals surface area contributed by atoms with Gasteiger partial charge in [-0.2, -0.15) is 0 Å². The Morgan fingerprint density at radius 1 is 1.24 bits per heavy atom. The fourth-order valence-corrected chi connectivity index (χ4v) is 5.13. The van der Waals surface area contributed by atoms with Gasteiger partial charge in [-0.15, -0.1) is 21.5 Å². The molecule has 0 radical (unpaired) electrons. The van der Waals surface area contributed by atoms with Crippen LogP contribution in [0, 0.1) is 6.92 Å². The highest BCUT2D eigenvalue weighted by Crippen LogP contribution is 2.32. The summed E-state index contributed by atoms with van der Waals surface area (Å²) in [6.45, 7) is 8.24. The Morgan fingerprint density at radius 2 is 2.00 bits per heavy atom. The number of carbonyl (C=O) groups excluding carboxylic acids is 2. The summed E-state index contributed by atoms with van der Waals surface area (Å²) < 4.78 is 12.9. The predicted octanol–water partition coefficient (Wildman–Crippen LogP) is 6.02. The average molecular weight is 543 g/mol. The molecule has 182 valence electrons. The van der Waals surface area contributed by atoms with Gasteiger partial charge < -0.3 is 19.4 Å². The van der Waals surface area contributed by atoms with Gasteiger partial charge in [0.05, 0.1) is 22.9 Å². The number of anilines is 1. The number of esters is 1. The summed E-state index contributed by atoms with van der Waals surface area (Å²) in [6, 6.07) is 6.70. The maximum absolute atomic E-state index is 12.6. The number of amides is 1. The molecule has 0 spiro atoms. The zero-order valence-electron chi connectivity index (χ0n) is 19.1. The van der Waals surface area contributed by atoms with Crippen LogP contribution in [0.25, 0.3) is 0 Å². The third kappa shape index (κ3) is 6.44. The normalized spacial score (nSPS) is 11.8. The molecule has 0 fully saturated rings. The first kappa shape index (κ1) is 26.3. The smallest absolute Gasteiger partial charge is 0.341 e. The Kier molecular flexibility index (Phi) is 9.24. The molecule has 0 aliphatic rings. The van der Waals surface area contributed by atoms with Crippen LogP contribution in [0.4, 0.5) is 5.00 Å². The lowest BCUT2D eigenvalue weighted by Gasteiger charge is -2.16. The maximum Gasteiger partial charge on any atom is 0.341 e. The van der Waals surface area contributed by atoms with E-state index < -0.39 is 12.1 Å². The zero-order chi connectivity index (χ0) is 24.8. The largest absolute Gasteiger partial charge is 0.481 e. The number of hydrogen-bond donors (Lipinski definition) is 1. The van der Waals surface area contributed by atoms with Crippen LogP contribution in [0.1, 0.15) is 47.9 Å². The van der Waals surface area contributed by atoms with Crippen LogP contribution in [0.5, 0.6) is 5.75 Å². The van der Waals surface area contributed by atoms with E-state index in [1.165, 1.54) is 23.1 Å². The van der Waals surface area contributed by atoms with Crippen molar-refractivity contribution in [2.75, 3.05) is 17.7 Å². The number of nitrogens with one attached hydrogen (secondary N) is 1. The number of thioether (sulfide) groups is 1. The molecular formula is C22H24Cl2N4O4S2. The molecule has 12 heteroatoms. The summed E-state index contributed by atoms with van der Waals surface area (Å²) in [7, 11) is 0. The van der Waals surface area contributed by atoms with E-state index in [0.29, 0.717) is 43.9 Å². The van der Waals surface area contributed by atoms with Crippen molar-refractivity contribution >= 4 is 63.2 Å². The Balaban J connectivity index is 1.66. The standard InChI is InChI=1S/C22H24Cl2N4O4S2/c1-5-28-19(13(4)32-17-10-14(23)7-8-16(17)24)26-27-22(28)33-11-18(29)25-20-15(9-12(3)34-20)21(30)31-6-2/h7-10,13H,5-6,11H2,1-4H3,(H,25,29). The number of halogens is 2. The second kappa shape index (κ2) is 11.9. The minimum atomic E-state index is -0.459. The monoisotopic (exact) mass is 542 g/mol. The molecule has 1 atom stereocenters. The molecule has 0 saturated carbocycles. The summed E-state index contributed by atoms with van der Waals surface area (Å²) in [5, 5.41) is 13.3. The molecule has 0 saturated heterocycles. The lowest BCUT2D eigenvalue weighted by atomic mass is 10.3. The number of aromatic nitrogens is 3. The summed E-state index contributed by atoms with van der Waals surface area (Å²) in [5.74, 6) is 0.412. The van der Waals surface area contributed by atoms with E-state index >= 15 is 0 Å². The third-order valence-electron chi connectivity index (χ3n) is 4.56. The van der Waals surface area contributed by atoms with Gasteiger partial charge in [-0.1, -0.05) is 35.0 Å². The van der Waals surface area contributed by atoms with Crippen molar-refractivity contribution in [1.29, 1.82) is 0 Å². The minimum absolute atomic E-state index is 0.0900. The van der Waals surface area contributed by atoms with Crippen LogP contribution in [0.3, 0.4) is 0 Å². The quantitative estimate of drug-likeness (QED) is 0.247. The summed E-state index contributed by atoms with van der Waals surface area (Å²) in [6.07, 6.45) is -0.451. The van der Waals surface area contributed by atoms with E-state index in [2.05, 4.69) is 15.5 Å². The highest BCUT2D eigenvalue weighted by atomic mass is 35.5. The number of hydrogen-bond acceptors (Lipinski definition) is 8. The van der Waals surface area contributed by atoms with Gasteiger partial charge in [0.1, 0.15) is 10.8 Å². The van der Waals surface area contributed by atoms with Crippen LogP contribution in [0.2, 0.25) is 10.0 Å². The number of rotatable bonds is 10. The highest BCUT2D eigenvalue weighted by Gasteiger charge is 2.22. The van der Waals surface area contributed by atoms with Gasteiger partial charge >= 0.3 is 5.97 Å². The van der Waals surface area contributed by atoms with Crippen molar-refractivity contribution < 1.29 is 19.1 Å². The molecular weight excluding hydrogens is 519 g/mol. The van der Waals surface area contributed by atoms with E-state index in [1.54, 1.807) is 31.2 Å². The molecule has 1 N–H and O–H groups in total. The van der Waals surface area contributed by atoms with E-state index in [-0.39, 0.29) is 18.3 Å². The molecule has 0 bridgehead atoms. The Hall–Kier alpha value is -2.27. The lowest BCUT2D eigenvalue weighted by molar-refractivity contribution is -0.113. The Morgan fingerprint density at radius 3 is 2.71 bits per heavy atom. The first-order valence-electron chi connectivity index (χ1n) is 10.5. The molecule has 0 aliphatic carbocycles. The average Bonchev–Trinajstić information content (AvgIpc) is 3.37. The third-order valence-corrected chi connectivity index (χ3v) is 7.04. The molecule has 2 heterocycles. The number of nitrogens with zero attached hydrogens (tertiary/aromatic N) is 3. The van der Waals surface area contributed by atoms with E-state index in [4.69, 9.17) is 32.7 Å². The van der Waals surface area contributed by atoms with Crippen LogP contribution in [-0.2, 0) is 16.1 Å². The molecule has 1 amide bonds. The van der Waals surface area contributed by atoms with Crippen LogP contribution >= 0.6 is 46.3 Å². The number of aryl methyl sites for hydroxylation is 1. The summed E-state index contributed by atoms with van der Waals surface area (Å²) >= 11 is 14.8. The van der Waals surface area contributed by atoms with Gasteiger partial charge in [0, 0.05) is 22.5 Å². The number of thiophene rings is 1. The summed E-state index contributed by atoms with van der Waals surface area (Å²) in [5.41, 5.74) is 0.354. The molecule has 2 aromatic heterocycles. The lowest BCUT2D eigenvalue weighted by Crippen LogP contribution is -2.16. The van der Waals surface area contributed by atoms with E-state index in [0.717, 1.165) is 4.88 Å². The SMILES string of the molecule is CCOC(=O)c1cc(C)sc1NC(=O)CSc1nnc(C(C)Oc2cc(Cl)ccc2Cl)n1CC. The molecule has 0 aliphatic heterocycles. The molecule has 8 nitrogen and oxygen atoms in total. The molecule has 1 aromatic carbocycles. The number of carbonyl (C=O) groups is 2. The Labute approximate surface area is 215 Å². The van der Waals surface area contributed by atoms with E-state index in [1.807, 2.05) is 25.3 Å². The first-order valence-corrected chi connectivity index (χ1v) is 13.0. The van der Waals surface area contributed by atoms with Crippen molar-refractivity contribution in [3.05, 3.63) is 50.6 Å². The van der Waals surface area contributed by atoms with Gasteiger partial charge in [0.2, 0.25) is 5.91 Å². The van der Waals surface area contributed by atoms with Gasteiger partial charge in [-0.25, -0.2) is 4.79 Å². The number of benzene rings is 1. The second-order valence-corrected chi connectivity index (χ2v) is 10.1. The number of ether oxygens (including phenoxy) is 2. The predicted molar refractivity (Wildman–Crippen MR) is 136 cm³/mol. The van der Waals surface area contributed by atoms with Crippen LogP contribution in [0.15, 0.2) is 29.4 Å². The van der Waals surface area contributed by atoms with Crippen molar-refractivity contribution in [2.45, 2.75) is 45.5 Å². The van der Waals surface area contributed by atoms with Gasteiger partial charge in [-0.05, 0) is 45.9 Å². The topological polar surface area (TPSA) is 95.3 Å². The minimum Gasteiger partial charge on any atom is -0.481 e. The molecule has 3 aromatic rings. The summed E-state index contributed by atoms with van der Waals surface area (Å²) in [4.78, 5) is 25.6. The maximum atomic E-state index is 12.6. The second-order valence-electron chi connectivity index (χ2n) is 7.08. The van der Waals surface area contributed by atoms with Crippen LogP contribution in [-0.4, -0.2) is 39.0 Å². The first-order chi connectivity index (χ1) is 16.2. The van der Waals surface area contributed by atoms with Crippen molar-refractivity contribution in [1.82, 2.24) is 14.8 Å².